The molecule has 0 spiro atoms. The van der Waals surface area contributed by atoms with Crippen molar-refractivity contribution < 1.29 is 9.53 Å². The molecule has 1 fully saturated rings. The van der Waals surface area contributed by atoms with Crippen LogP contribution in [0.25, 0.3) is 0 Å². The molecule has 0 aromatic carbocycles. The molecule has 0 saturated carbocycles. The van der Waals surface area contributed by atoms with Gasteiger partial charge >= 0.3 is 0 Å². The molecular formula is C7H12O2. The SMILES string of the molecule is CC1OCCC(=O)C1C. The van der Waals surface area contributed by atoms with Crippen molar-refractivity contribution in [2.45, 2.75) is 26.4 Å². The molecule has 2 atom stereocenters. The van der Waals surface area contributed by atoms with Crippen molar-refractivity contribution >= 4 is 5.78 Å². The highest BCUT2D eigenvalue weighted by Crippen LogP contribution is 2.15. The third-order valence-electron chi connectivity index (χ3n) is 1.94. The summed E-state index contributed by atoms with van der Waals surface area (Å²) in [6, 6.07) is 0. The Morgan fingerprint density at radius 1 is 1.56 bits per heavy atom. The number of ketones is 1. The van der Waals surface area contributed by atoms with Gasteiger partial charge in [-0.3, -0.25) is 4.79 Å². The van der Waals surface area contributed by atoms with E-state index in [0.29, 0.717) is 18.8 Å². The van der Waals surface area contributed by atoms with Crippen molar-refractivity contribution in [3.8, 4) is 0 Å². The number of ether oxygens (including phenoxy) is 1. The second kappa shape index (κ2) is 2.48. The zero-order chi connectivity index (χ0) is 6.85. The molecule has 2 nitrogen and oxygen atoms in total. The van der Waals surface area contributed by atoms with Gasteiger partial charge in [0.1, 0.15) is 5.78 Å². The van der Waals surface area contributed by atoms with Gasteiger partial charge in [0, 0.05) is 12.3 Å². The van der Waals surface area contributed by atoms with Gasteiger partial charge in [0.05, 0.1) is 12.7 Å². The smallest absolute Gasteiger partial charge is 0.140 e. The van der Waals surface area contributed by atoms with Gasteiger partial charge in [-0.05, 0) is 6.92 Å². The summed E-state index contributed by atoms with van der Waals surface area (Å²) in [5, 5.41) is 0. The highest BCUT2D eigenvalue weighted by molar-refractivity contribution is 5.81. The summed E-state index contributed by atoms with van der Waals surface area (Å²) >= 11 is 0. The molecule has 2 heteroatoms. The van der Waals surface area contributed by atoms with Crippen molar-refractivity contribution in [2.24, 2.45) is 5.92 Å². The first-order valence-corrected chi connectivity index (χ1v) is 3.36. The average molecular weight is 128 g/mol. The first-order valence-electron chi connectivity index (χ1n) is 3.36. The van der Waals surface area contributed by atoms with E-state index in [1.165, 1.54) is 0 Å². The van der Waals surface area contributed by atoms with E-state index in [9.17, 15) is 4.79 Å². The van der Waals surface area contributed by atoms with Crippen LogP contribution >= 0.6 is 0 Å². The Morgan fingerprint density at radius 2 is 2.22 bits per heavy atom. The zero-order valence-corrected chi connectivity index (χ0v) is 5.89. The maximum Gasteiger partial charge on any atom is 0.140 e. The Balaban J connectivity index is 2.51. The Labute approximate surface area is 55.2 Å². The molecule has 52 valence electrons. The van der Waals surface area contributed by atoms with Crippen molar-refractivity contribution in [1.82, 2.24) is 0 Å². The van der Waals surface area contributed by atoms with E-state index in [2.05, 4.69) is 0 Å². The van der Waals surface area contributed by atoms with Gasteiger partial charge < -0.3 is 4.74 Å². The molecule has 1 heterocycles. The molecule has 0 amide bonds. The van der Waals surface area contributed by atoms with Crippen LogP contribution in [0.5, 0.6) is 0 Å². The minimum absolute atomic E-state index is 0.110. The van der Waals surface area contributed by atoms with E-state index in [4.69, 9.17) is 4.74 Å². The van der Waals surface area contributed by atoms with Crippen molar-refractivity contribution in [3.63, 3.8) is 0 Å². The fourth-order valence-electron chi connectivity index (χ4n) is 0.979. The van der Waals surface area contributed by atoms with Gasteiger partial charge in [0.2, 0.25) is 0 Å². The quantitative estimate of drug-likeness (QED) is 0.486. The van der Waals surface area contributed by atoms with Gasteiger partial charge in [-0.1, -0.05) is 6.92 Å². The number of Topliss-reactive ketones (excluding diaryl/α,β-unsaturated/α-hetero) is 1. The molecule has 0 aromatic rings. The molecule has 1 rings (SSSR count). The molecule has 0 aliphatic carbocycles. The lowest BCUT2D eigenvalue weighted by molar-refractivity contribution is -0.134. The first-order chi connectivity index (χ1) is 4.22. The van der Waals surface area contributed by atoms with Gasteiger partial charge in [-0.2, -0.15) is 0 Å². The highest BCUT2D eigenvalue weighted by atomic mass is 16.5. The van der Waals surface area contributed by atoms with E-state index < -0.39 is 0 Å². The van der Waals surface area contributed by atoms with Crippen LogP contribution in [-0.2, 0) is 9.53 Å². The van der Waals surface area contributed by atoms with E-state index in [-0.39, 0.29) is 12.0 Å². The van der Waals surface area contributed by atoms with E-state index in [1.807, 2.05) is 13.8 Å². The van der Waals surface area contributed by atoms with Crippen molar-refractivity contribution in [2.75, 3.05) is 6.61 Å². The molecule has 0 aromatic heterocycles. The Kier molecular flexibility index (Phi) is 1.86. The second-order valence-electron chi connectivity index (χ2n) is 2.58. The Hall–Kier alpha value is -0.370. The van der Waals surface area contributed by atoms with Crippen molar-refractivity contribution in [3.05, 3.63) is 0 Å². The lowest BCUT2D eigenvalue weighted by Crippen LogP contribution is -2.32. The molecule has 1 aliphatic rings. The molecule has 1 aliphatic heterocycles. The fraction of sp³-hybridized carbons (Fsp3) is 0.857. The fourth-order valence-corrected chi connectivity index (χ4v) is 0.979. The summed E-state index contributed by atoms with van der Waals surface area (Å²) in [6.07, 6.45) is 0.733. The summed E-state index contributed by atoms with van der Waals surface area (Å²) in [7, 11) is 0. The summed E-state index contributed by atoms with van der Waals surface area (Å²) in [4.78, 5) is 10.9. The molecule has 1 saturated heterocycles. The lowest BCUT2D eigenvalue weighted by Gasteiger charge is -2.24. The number of rotatable bonds is 0. The number of carbonyl (C=O) groups is 1. The van der Waals surface area contributed by atoms with Crippen LogP contribution in [0.15, 0.2) is 0 Å². The molecule has 9 heavy (non-hydrogen) atoms. The van der Waals surface area contributed by atoms with E-state index in [0.717, 1.165) is 0 Å². The van der Waals surface area contributed by atoms with E-state index in [1.54, 1.807) is 0 Å². The van der Waals surface area contributed by atoms with Crippen LogP contribution in [0, 0.1) is 5.92 Å². The third-order valence-corrected chi connectivity index (χ3v) is 1.94. The maximum absolute atomic E-state index is 10.9. The second-order valence-corrected chi connectivity index (χ2v) is 2.58. The van der Waals surface area contributed by atoms with Crippen molar-refractivity contribution in [1.29, 1.82) is 0 Å². The summed E-state index contributed by atoms with van der Waals surface area (Å²) < 4.78 is 5.24. The lowest BCUT2D eigenvalue weighted by atomic mass is 9.96. The molecule has 0 bridgehead atoms. The minimum atomic E-state index is 0.110. The van der Waals surface area contributed by atoms with Crippen LogP contribution in [0.4, 0.5) is 0 Å². The van der Waals surface area contributed by atoms with Gasteiger partial charge in [0.25, 0.3) is 0 Å². The standard InChI is InChI=1S/C7H12O2/c1-5-6(2)9-4-3-7(5)8/h5-6H,3-4H2,1-2H3. The minimum Gasteiger partial charge on any atom is -0.377 e. The summed E-state index contributed by atoms with van der Waals surface area (Å²) in [6.45, 7) is 4.48. The summed E-state index contributed by atoms with van der Waals surface area (Å²) in [5.74, 6) is 0.451. The van der Waals surface area contributed by atoms with E-state index >= 15 is 0 Å². The monoisotopic (exact) mass is 128 g/mol. The van der Waals surface area contributed by atoms with Crippen LogP contribution in [0.1, 0.15) is 20.3 Å². The number of carbonyl (C=O) groups excluding carboxylic acids is 1. The first kappa shape index (κ1) is 6.75. The van der Waals surface area contributed by atoms with Crippen LogP contribution in [0.3, 0.4) is 0 Å². The van der Waals surface area contributed by atoms with Crippen LogP contribution < -0.4 is 0 Å². The third kappa shape index (κ3) is 1.30. The average Bonchev–Trinajstić information content (AvgIpc) is 1.83. The van der Waals surface area contributed by atoms with Gasteiger partial charge in [-0.15, -0.1) is 0 Å². The molecule has 2 unspecified atom stereocenters. The molecule has 0 radical (unpaired) electrons. The van der Waals surface area contributed by atoms with Gasteiger partial charge in [0.15, 0.2) is 0 Å². The predicted octanol–water partition coefficient (Wildman–Crippen LogP) is 1.00. The summed E-state index contributed by atoms with van der Waals surface area (Å²) in [5.41, 5.74) is 0. The Morgan fingerprint density at radius 3 is 2.67 bits per heavy atom. The van der Waals surface area contributed by atoms with Crippen LogP contribution in [0.2, 0.25) is 0 Å². The van der Waals surface area contributed by atoms with Crippen LogP contribution in [-0.4, -0.2) is 18.5 Å². The topological polar surface area (TPSA) is 26.3 Å². The Bertz CT molecular complexity index is 120. The largest absolute Gasteiger partial charge is 0.377 e. The number of hydrogen-bond donors (Lipinski definition) is 0. The molecule has 0 N–H and O–H groups in total. The molecular weight excluding hydrogens is 116 g/mol. The van der Waals surface area contributed by atoms with Gasteiger partial charge in [-0.25, -0.2) is 0 Å². The highest BCUT2D eigenvalue weighted by Gasteiger charge is 2.24. The predicted molar refractivity (Wildman–Crippen MR) is 34.2 cm³/mol. The zero-order valence-electron chi connectivity index (χ0n) is 5.89. The maximum atomic E-state index is 10.9. The normalized spacial score (nSPS) is 36.9. The number of hydrogen-bond acceptors (Lipinski definition) is 2.